The monoisotopic (exact) mass is 659 g/mol. The average molecular weight is 660 g/mol. The highest BCUT2D eigenvalue weighted by molar-refractivity contribution is 8.00. The number of amides is 1. The molecule has 1 aliphatic heterocycles. The summed E-state index contributed by atoms with van der Waals surface area (Å²) in [6, 6.07) is 29.8. The van der Waals surface area contributed by atoms with Gasteiger partial charge in [0.1, 0.15) is 23.7 Å². The van der Waals surface area contributed by atoms with Crippen LogP contribution in [-0.2, 0) is 21.9 Å². The molecule has 0 bridgehead atoms. The molecule has 0 spiro atoms. The van der Waals surface area contributed by atoms with Gasteiger partial charge in [0, 0.05) is 11.9 Å². The van der Waals surface area contributed by atoms with Crippen LogP contribution in [0.4, 0.5) is 5.13 Å². The molecule has 3 aromatic carbocycles. The minimum atomic E-state index is -0.963. The van der Waals surface area contributed by atoms with E-state index < -0.39 is 17.7 Å². The van der Waals surface area contributed by atoms with E-state index in [-0.39, 0.29) is 16.5 Å². The Morgan fingerprint density at radius 2 is 1.64 bits per heavy atom. The number of hydrogen-bond acceptors (Lipinski definition) is 9. The van der Waals surface area contributed by atoms with Crippen LogP contribution in [0.5, 0.6) is 5.75 Å². The van der Waals surface area contributed by atoms with E-state index >= 15 is 0 Å². The van der Waals surface area contributed by atoms with Gasteiger partial charge < -0.3 is 9.84 Å². The van der Waals surface area contributed by atoms with Crippen LogP contribution in [0.25, 0.3) is 11.4 Å². The SMILES string of the molecule is Cc1ccc(CSc2nnc(N3C(=O)C(=O)/C(=C(/O)c4c(C)nc5ccccn45)C3c3ccc(OCc4ccccc4)cc3)s2)cc1. The number of aliphatic hydroxyl groups is 1. The first-order valence-corrected chi connectivity index (χ1v) is 16.7. The maximum Gasteiger partial charge on any atom is 0.301 e. The summed E-state index contributed by atoms with van der Waals surface area (Å²) in [4.78, 5) is 33.5. The lowest BCUT2D eigenvalue weighted by Crippen LogP contribution is -2.29. The molecule has 47 heavy (non-hydrogen) atoms. The highest BCUT2D eigenvalue weighted by Gasteiger charge is 2.49. The fraction of sp³-hybridized carbons (Fsp3) is 0.139. The second-order valence-corrected chi connectivity index (χ2v) is 13.3. The predicted molar refractivity (Wildman–Crippen MR) is 183 cm³/mol. The zero-order chi connectivity index (χ0) is 32.5. The minimum absolute atomic E-state index is 0.0502. The van der Waals surface area contributed by atoms with Gasteiger partial charge in [0.05, 0.1) is 17.3 Å². The summed E-state index contributed by atoms with van der Waals surface area (Å²) in [5.74, 6) is -0.618. The zero-order valence-corrected chi connectivity index (χ0v) is 27.2. The number of aromatic nitrogens is 4. The van der Waals surface area contributed by atoms with Crippen molar-refractivity contribution in [3.05, 3.63) is 142 Å². The number of anilines is 1. The highest BCUT2D eigenvalue weighted by atomic mass is 32.2. The Morgan fingerprint density at radius 1 is 0.894 bits per heavy atom. The van der Waals surface area contributed by atoms with Gasteiger partial charge in [-0.25, -0.2) is 4.98 Å². The standard InChI is InChI=1S/C36H29N5O4S2/c1-22-11-13-25(14-12-22)21-46-36-39-38-35(47-36)41-31(26-15-17-27(18-16-26)45-20-24-8-4-3-5-9-24)29(33(43)34(41)44)32(42)30-23(2)37-28-10-6-7-19-40(28)30/h3-19,31,42H,20-21H2,1-2H3/b32-29+. The molecule has 0 radical (unpaired) electrons. The molecule has 0 aliphatic carbocycles. The van der Waals surface area contributed by atoms with Crippen LogP contribution in [0.3, 0.4) is 0 Å². The molecule has 3 aromatic heterocycles. The van der Waals surface area contributed by atoms with Crippen molar-refractivity contribution in [1.29, 1.82) is 0 Å². The Labute approximate surface area is 279 Å². The Bertz CT molecular complexity index is 2120. The maximum atomic E-state index is 13.8. The second-order valence-electron chi connectivity index (χ2n) is 11.1. The molecule has 4 heterocycles. The van der Waals surface area contributed by atoms with Gasteiger partial charge in [-0.2, -0.15) is 0 Å². The summed E-state index contributed by atoms with van der Waals surface area (Å²) in [5.41, 5.74) is 5.38. The van der Waals surface area contributed by atoms with Gasteiger partial charge in [0.15, 0.2) is 10.1 Å². The van der Waals surface area contributed by atoms with Gasteiger partial charge >= 0.3 is 5.91 Å². The number of Topliss-reactive ketones (excluding diaryl/α,β-unsaturated/α-hetero) is 1. The third kappa shape index (κ3) is 6.02. The maximum absolute atomic E-state index is 13.8. The summed E-state index contributed by atoms with van der Waals surface area (Å²) in [7, 11) is 0. The summed E-state index contributed by atoms with van der Waals surface area (Å²) >= 11 is 2.73. The lowest BCUT2D eigenvalue weighted by Gasteiger charge is -2.22. The number of hydrogen-bond donors (Lipinski definition) is 1. The molecule has 1 atom stereocenters. The molecule has 234 valence electrons. The van der Waals surface area contributed by atoms with E-state index in [1.54, 1.807) is 41.8 Å². The number of aryl methyl sites for hydroxylation is 2. The van der Waals surface area contributed by atoms with Crippen molar-refractivity contribution in [1.82, 2.24) is 19.6 Å². The Kier molecular flexibility index (Phi) is 8.32. The Balaban J connectivity index is 1.26. The van der Waals surface area contributed by atoms with Crippen molar-refractivity contribution in [3.63, 3.8) is 0 Å². The van der Waals surface area contributed by atoms with E-state index in [0.29, 0.717) is 45.0 Å². The minimum Gasteiger partial charge on any atom is -0.505 e. The summed E-state index contributed by atoms with van der Waals surface area (Å²) in [6.45, 7) is 4.19. The largest absolute Gasteiger partial charge is 0.505 e. The molecule has 1 unspecified atom stereocenters. The number of carbonyl (C=O) groups is 2. The molecule has 1 N–H and O–H groups in total. The van der Waals surface area contributed by atoms with E-state index in [1.807, 2.05) is 55.5 Å². The van der Waals surface area contributed by atoms with Crippen molar-refractivity contribution in [2.24, 2.45) is 0 Å². The quantitative estimate of drug-likeness (QED) is 0.0566. The van der Waals surface area contributed by atoms with Crippen LogP contribution in [0.15, 0.2) is 113 Å². The number of carbonyl (C=O) groups excluding carboxylic acids is 2. The molecule has 7 rings (SSSR count). The number of benzene rings is 3. The molecular weight excluding hydrogens is 631 g/mol. The summed E-state index contributed by atoms with van der Waals surface area (Å²) in [5, 5.41) is 20.8. The number of ketones is 1. The van der Waals surface area contributed by atoms with Crippen LogP contribution < -0.4 is 9.64 Å². The molecule has 1 aliphatic rings. The zero-order valence-electron chi connectivity index (χ0n) is 25.5. The van der Waals surface area contributed by atoms with E-state index in [9.17, 15) is 14.7 Å². The van der Waals surface area contributed by atoms with Crippen LogP contribution >= 0.6 is 23.1 Å². The van der Waals surface area contributed by atoms with Crippen LogP contribution in [0.1, 0.15) is 39.7 Å². The molecule has 1 amide bonds. The van der Waals surface area contributed by atoms with Gasteiger partial charge in [0.25, 0.3) is 5.78 Å². The van der Waals surface area contributed by atoms with Crippen molar-refractivity contribution < 1.29 is 19.4 Å². The summed E-state index contributed by atoms with van der Waals surface area (Å²) < 4.78 is 8.36. The van der Waals surface area contributed by atoms with E-state index in [2.05, 4.69) is 39.4 Å². The molecule has 6 aromatic rings. The van der Waals surface area contributed by atoms with Crippen molar-refractivity contribution in [2.45, 2.75) is 36.6 Å². The topological polar surface area (TPSA) is 110 Å². The number of pyridine rings is 1. The van der Waals surface area contributed by atoms with Crippen LogP contribution in [0, 0.1) is 13.8 Å². The van der Waals surface area contributed by atoms with Gasteiger partial charge in [-0.15, -0.1) is 10.2 Å². The van der Waals surface area contributed by atoms with Gasteiger partial charge in [-0.1, -0.05) is 101 Å². The first-order chi connectivity index (χ1) is 22.9. The third-order valence-corrected chi connectivity index (χ3v) is 10.0. The number of rotatable bonds is 9. The normalized spacial score (nSPS) is 15.9. The van der Waals surface area contributed by atoms with E-state index in [1.165, 1.54) is 33.6 Å². The summed E-state index contributed by atoms with van der Waals surface area (Å²) in [6.07, 6.45) is 1.76. The number of nitrogens with zero attached hydrogens (tertiary/aromatic N) is 5. The molecule has 11 heteroatoms. The molecule has 9 nitrogen and oxygen atoms in total. The first-order valence-electron chi connectivity index (χ1n) is 14.9. The second kappa shape index (κ2) is 12.9. The smallest absolute Gasteiger partial charge is 0.301 e. The number of ether oxygens (including phenoxy) is 1. The number of thioether (sulfide) groups is 1. The van der Waals surface area contributed by atoms with E-state index in [4.69, 9.17) is 4.74 Å². The number of fused-ring (bicyclic) bond motifs is 1. The van der Waals surface area contributed by atoms with Gasteiger partial charge in [0.2, 0.25) is 5.13 Å². The Morgan fingerprint density at radius 3 is 2.40 bits per heavy atom. The lowest BCUT2D eigenvalue weighted by molar-refractivity contribution is -0.132. The first kappa shape index (κ1) is 30.4. The molecule has 0 saturated carbocycles. The van der Waals surface area contributed by atoms with E-state index in [0.717, 1.165) is 11.1 Å². The molecule has 1 fully saturated rings. The van der Waals surface area contributed by atoms with Crippen molar-refractivity contribution in [3.8, 4) is 5.75 Å². The Hall–Kier alpha value is -5.26. The van der Waals surface area contributed by atoms with Crippen LogP contribution in [-0.4, -0.2) is 36.4 Å². The highest BCUT2D eigenvalue weighted by Crippen LogP contribution is 2.44. The fourth-order valence-electron chi connectivity index (χ4n) is 5.55. The fourth-order valence-corrected chi connectivity index (χ4v) is 7.37. The molecule has 1 saturated heterocycles. The van der Waals surface area contributed by atoms with Crippen LogP contribution in [0.2, 0.25) is 0 Å². The third-order valence-electron chi connectivity index (χ3n) is 7.90. The van der Waals surface area contributed by atoms with Crippen molar-refractivity contribution >= 4 is 51.3 Å². The number of aliphatic hydroxyl groups excluding tert-OH is 1. The molecular formula is C36H29N5O4S2. The average Bonchev–Trinajstić information content (AvgIpc) is 3.77. The van der Waals surface area contributed by atoms with Gasteiger partial charge in [-0.3, -0.25) is 18.9 Å². The predicted octanol–water partition coefficient (Wildman–Crippen LogP) is 7.30. The van der Waals surface area contributed by atoms with Crippen molar-refractivity contribution in [2.75, 3.05) is 4.90 Å². The number of imidazole rings is 1. The lowest BCUT2D eigenvalue weighted by atomic mass is 9.96. The van der Waals surface area contributed by atoms with Gasteiger partial charge in [-0.05, 0) is 54.8 Å².